The molecule has 9 nitrogen and oxygen atoms in total. The van der Waals surface area contributed by atoms with Crippen LogP contribution >= 0.6 is 0 Å². The molecule has 0 aliphatic carbocycles. The van der Waals surface area contributed by atoms with E-state index < -0.39 is 17.5 Å². The number of carbonyl (C=O) groups is 3. The van der Waals surface area contributed by atoms with Crippen molar-refractivity contribution in [3.8, 4) is 11.3 Å². The number of hydrogen-bond donors (Lipinski definition) is 3. The largest absolute Gasteiger partial charge is 0.352 e. The van der Waals surface area contributed by atoms with E-state index in [1.165, 1.54) is 50.2 Å². The minimum atomic E-state index is -0.898. The molecule has 3 aromatic rings. The van der Waals surface area contributed by atoms with E-state index in [1.807, 2.05) is 0 Å². The molecule has 34 heavy (non-hydrogen) atoms. The van der Waals surface area contributed by atoms with Crippen LogP contribution in [0.15, 0.2) is 65.5 Å². The van der Waals surface area contributed by atoms with Crippen LogP contribution in [0.3, 0.4) is 0 Å². The minimum Gasteiger partial charge on any atom is -0.352 e. The Morgan fingerprint density at radius 2 is 1.59 bits per heavy atom. The number of rotatable bonds is 8. The zero-order valence-electron chi connectivity index (χ0n) is 18.7. The van der Waals surface area contributed by atoms with E-state index in [9.17, 15) is 23.6 Å². The van der Waals surface area contributed by atoms with Crippen LogP contribution in [-0.2, 0) is 9.59 Å². The molecule has 2 aromatic carbocycles. The third kappa shape index (κ3) is 6.35. The van der Waals surface area contributed by atoms with Gasteiger partial charge in [0.1, 0.15) is 11.9 Å². The molecule has 0 aliphatic heterocycles. The highest BCUT2D eigenvalue weighted by Crippen LogP contribution is 2.16. The summed E-state index contributed by atoms with van der Waals surface area (Å²) in [7, 11) is 0. The first-order chi connectivity index (χ1) is 16.2. The van der Waals surface area contributed by atoms with Crippen LogP contribution in [-0.4, -0.2) is 40.6 Å². The van der Waals surface area contributed by atoms with E-state index in [-0.39, 0.29) is 30.7 Å². The topological polar surface area (TPSA) is 122 Å². The molecule has 3 rings (SSSR count). The number of hydrogen-bond acceptors (Lipinski definition) is 5. The molecule has 0 fully saturated rings. The fourth-order valence-corrected chi connectivity index (χ4v) is 3.11. The molecule has 3 N–H and O–H groups in total. The van der Waals surface area contributed by atoms with Gasteiger partial charge in [-0.1, -0.05) is 0 Å². The zero-order valence-corrected chi connectivity index (χ0v) is 18.7. The summed E-state index contributed by atoms with van der Waals surface area (Å²) in [6.45, 7) is 3.24. The Balaban J connectivity index is 1.53. The van der Waals surface area contributed by atoms with Crippen LogP contribution in [0.25, 0.3) is 11.3 Å². The number of carbonyl (C=O) groups excluding carboxylic acids is 3. The molecular formula is C24H24FN5O4. The van der Waals surface area contributed by atoms with Crippen molar-refractivity contribution in [3.63, 3.8) is 0 Å². The highest BCUT2D eigenvalue weighted by atomic mass is 19.1. The van der Waals surface area contributed by atoms with E-state index in [4.69, 9.17) is 0 Å². The zero-order chi connectivity index (χ0) is 24.7. The highest BCUT2D eigenvalue weighted by molar-refractivity contribution is 5.95. The lowest BCUT2D eigenvalue weighted by Crippen LogP contribution is -2.40. The lowest BCUT2D eigenvalue weighted by molar-refractivity contribution is -0.124. The predicted molar refractivity (Wildman–Crippen MR) is 125 cm³/mol. The van der Waals surface area contributed by atoms with Gasteiger partial charge in [-0.2, -0.15) is 5.10 Å². The Morgan fingerprint density at radius 1 is 0.941 bits per heavy atom. The predicted octanol–water partition coefficient (Wildman–Crippen LogP) is 2.11. The fourth-order valence-electron chi connectivity index (χ4n) is 3.11. The second-order valence-corrected chi connectivity index (χ2v) is 7.49. The first-order valence-corrected chi connectivity index (χ1v) is 10.5. The van der Waals surface area contributed by atoms with Gasteiger partial charge in [0.15, 0.2) is 0 Å². The number of nitrogens with zero attached hydrogens (tertiary/aromatic N) is 2. The molecule has 0 bridgehead atoms. The first-order valence-electron chi connectivity index (χ1n) is 10.5. The van der Waals surface area contributed by atoms with E-state index in [1.54, 1.807) is 24.3 Å². The van der Waals surface area contributed by atoms with E-state index in [2.05, 4.69) is 21.0 Å². The number of aromatic nitrogens is 2. The van der Waals surface area contributed by atoms with Crippen molar-refractivity contribution in [1.29, 1.82) is 0 Å². The molecule has 176 valence electrons. The van der Waals surface area contributed by atoms with Crippen molar-refractivity contribution < 1.29 is 18.8 Å². The van der Waals surface area contributed by atoms with Crippen LogP contribution in [0.5, 0.6) is 0 Å². The summed E-state index contributed by atoms with van der Waals surface area (Å²) in [4.78, 5) is 48.0. The van der Waals surface area contributed by atoms with Crippen LogP contribution in [0.2, 0.25) is 0 Å². The van der Waals surface area contributed by atoms with Gasteiger partial charge >= 0.3 is 0 Å². The Morgan fingerprint density at radius 3 is 2.24 bits per heavy atom. The Kier molecular flexibility index (Phi) is 7.86. The molecule has 3 amide bonds. The summed E-state index contributed by atoms with van der Waals surface area (Å²) in [6.07, 6.45) is 0. The lowest BCUT2D eigenvalue weighted by Gasteiger charge is -2.15. The molecule has 1 heterocycles. The van der Waals surface area contributed by atoms with Crippen LogP contribution in [0, 0.1) is 5.82 Å². The quantitative estimate of drug-likeness (QED) is 0.440. The van der Waals surface area contributed by atoms with Crippen molar-refractivity contribution in [1.82, 2.24) is 20.4 Å². The second kappa shape index (κ2) is 11.0. The van der Waals surface area contributed by atoms with Gasteiger partial charge in [-0.05, 0) is 61.5 Å². The molecule has 0 saturated carbocycles. The molecule has 0 spiro atoms. The standard InChI is InChI=1S/C24H24FN5O4/c1-15(30-22(32)12-11-21(29-30)17-3-7-19(25)8-4-17)23(33)26-13-14-27-24(34)18-5-9-20(10-6-18)28-16(2)31/h3-12,15H,13-14H2,1-2H3,(H,26,33)(H,27,34)(H,28,31). The maximum absolute atomic E-state index is 13.2. The number of nitrogens with one attached hydrogen (secondary N) is 3. The van der Waals surface area contributed by atoms with Gasteiger partial charge in [0, 0.05) is 42.9 Å². The van der Waals surface area contributed by atoms with Gasteiger partial charge in [0.2, 0.25) is 11.8 Å². The summed E-state index contributed by atoms with van der Waals surface area (Å²) in [5.74, 6) is -1.37. The van der Waals surface area contributed by atoms with Gasteiger partial charge in [-0.15, -0.1) is 0 Å². The molecule has 10 heteroatoms. The smallest absolute Gasteiger partial charge is 0.267 e. The Hall–Kier alpha value is -4.34. The molecule has 1 aromatic heterocycles. The average molecular weight is 465 g/mol. The number of halogens is 1. The fraction of sp³-hybridized carbons (Fsp3) is 0.208. The lowest BCUT2D eigenvalue weighted by atomic mass is 10.1. The second-order valence-electron chi connectivity index (χ2n) is 7.49. The van der Waals surface area contributed by atoms with Crippen molar-refractivity contribution in [2.45, 2.75) is 19.9 Å². The molecule has 1 atom stereocenters. The molecular weight excluding hydrogens is 441 g/mol. The van der Waals surface area contributed by atoms with Gasteiger partial charge in [0.05, 0.1) is 5.69 Å². The summed E-state index contributed by atoms with van der Waals surface area (Å²) >= 11 is 0. The van der Waals surface area contributed by atoms with Crippen molar-refractivity contribution >= 4 is 23.4 Å². The van der Waals surface area contributed by atoms with Gasteiger partial charge in [-0.3, -0.25) is 19.2 Å². The number of anilines is 1. The molecule has 1 unspecified atom stereocenters. The van der Waals surface area contributed by atoms with Gasteiger partial charge in [0.25, 0.3) is 11.5 Å². The van der Waals surface area contributed by atoms with E-state index in [0.29, 0.717) is 22.5 Å². The van der Waals surface area contributed by atoms with Crippen molar-refractivity contribution in [2.24, 2.45) is 0 Å². The maximum Gasteiger partial charge on any atom is 0.267 e. The SMILES string of the molecule is CC(=O)Nc1ccc(C(=O)NCCNC(=O)C(C)n2nc(-c3ccc(F)cc3)ccc2=O)cc1. The Labute approximate surface area is 195 Å². The van der Waals surface area contributed by atoms with E-state index in [0.717, 1.165) is 4.68 Å². The summed E-state index contributed by atoms with van der Waals surface area (Å²) in [5.41, 5.74) is 1.57. The Bertz CT molecular complexity index is 1240. The summed E-state index contributed by atoms with van der Waals surface area (Å²) in [5, 5.41) is 12.2. The van der Waals surface area contributed by atoms with Gasteiger partial charge in [-0.25, -0.2) is 9.07 Å². The van der Waals surface area contributed by atoms with Crippen molar-refractivity contribution in [3.05, 3.63) is 82.4 Å². The third-order valence-electron chi connectivity index (χ3n) is 4.89. The minimum absolute atomic E-state index is 0.144. The molecule has 0 aliphatic rings. The number of amides is 3. The molecule has 0 radical (unpaired) electrons. The first kappa shape index (κ1) is 24.3. The maximum atomic E-state index is 13.2. The van der Waals surface area contributed by atoms with Crippen molar-refractivity contribution in [2.75, 3.05) is 18.4 Å². The summed E-state index contributed by atoms with van der Waals surface area (Å²) < 4.78 is 14.2. The third-order valence-corrected chi connectivity index (χ3v) is 4.89. The number of benzene rings is 2. The van der Waals surface area contributed by atoms with Crippen LogP contribution < -0.4 is 21.5 Å². The van der Waals surface area contributed by atoms with Crippen LogP contribution in [0.1, 0.15) is 30.2 Å². The highest BCUT2D eigenvalue weighted by Gasteiger charge is 2.18. The average Bonchev–Trinajstić information content (AvgIpc) is 2.82. The van der Waals surface area contributed by atoms with Gasteiger partial charge < -0.3 is 16.0 Å². The summed E-state index contributed by atoms with van der Waals surface area (Å²) in [6, 6.07) is 13.9. The van der Waals surface area contributed by atoms with E-state index >= 15 is 0 Å². The molecule has 0 saturated heterocycles. The van der Waals surface area contributed by atoms with Crippen LogP contribution in [0.4, 0.5) is 10.1 Å². The normalized spacial score (nSPS) is 11.4. The monoisotopic (exact) mass is 465 g/mol.